The molecule has 2 heterocycles. The molecule has 0 atom stereocenters. The molecule has 0 aliphatic carbocycles. The fourth-order valence-corrected chi connectivity index (χ4v) is 4.62. The van der Waals surface area contributed by atoms with Crippen LogP contribution in [0.3, 0.4) is 0 Å². The third kappa shape index (κ3) is 3.82. The number of fused-ring (bicyclic) bond motifs is 2. The maximum absolute atomic E-state index is 5.09. The van der Waals surface area contributed by atoms with E-state index >= 15 is 0 Å². The van der Waals surface area contributed by atoms with Crippen molar-refractivity contribution < 1.29 is 0 Å². The Morgan fingerprint density at radius 3 is 2.21 bits per heavy atom. The van der Waals surface area contributed by atoms with E-state index in [1.165, 1.54) is 21.9 Å². The predicted molar refractivity (Wildman–Crippen MR) is 141 cm³/mol. The first-order valence-electron chi connectivity index (χ1n) is 11.6. The van der Waals surface area contributed by atoms with E-state index in [0.717, 1.165) is 46.3 Å². The van der Waals surface area contributed by atoms with Gasteiger partial charge in [0.05, 0.1) is 22.4 Å². The summed E-state index contributed by atoms with van der Waals surface area (Å²) in [6.45, 7) is 4.44. The Kier molecular flexibility index (Phi) is 5.08. The van der Waals surface area contributed by atoms with E-state index in [1.54, 1.807) is 0 Å². The van der Waals surface area contributed by atoms with Crippen molar-refractivity contribution in [3.63, 3.8) is 0 Å². The molecular weight excluding hydrogens is 414 g/mol. The normalized spacial score (nSPS) is 12.8. The molecule has 0 spiro atoms. The Balaban J connectivity index is 1.45. The largest absolute Gasteiger partial charge is 0.354 e. The highest BCUT2D eigenvalue weighted by atomic mass is 15.1. The maximum atomic E-state index is 5.09. The molecule has 0 saturated heterocycles. The van der Waals surface area contributed by atoms with Crippen LogP contribution in [-0.4, -0.2) is 9.55 Å². The minimum atomic E-state index is 0.747. The Hall–Kier alpha value is -4.37. The third-order valence-corrected chi connectivity index (χ3v) is 6.40. The number of nitrogens with zero attached hydrogens (tertiary/aromatic N) is 2. The van der Waals surface area contributed by atoms with Crippen LogP contribution in [0.25, 0.3) is 34.9 Å². The van der Waals surface area contributed by atoms with E-state index in [4.69, 9.17) is 4.98 Å². The number of hydrogen-bond donors (Lipinski definition) is 1. The summed E-state index contributed by atoms with van der Waals surface area (Å²) in [5, 5.41) is 7.11. The van der Waals surface area contributed by atoms with E-state index in [1.807, 2.05) is 6.07 Å². The lowest BCUT2D eigenvalue weighted by atomic mass is 10.0. The summed E-state index contributed by atoms with van der Waals surface area (Å²) < 4.78 is 2.15. The minimum Gasteiger partial charge on any atom is -0.354 e. The second-order valence-corrected chi connectivity index (χ2v) is 8.73. The Bertz CT molecular complexity index is 1630. The van der Waals surface area contributed by atoms with Crippen molar-refractivity contribution in [1.82, 2.24) is 14.9 Å². The van der Waals surface area contributed by atoms with Gasteiger partial charge in [-0.05, 0) is 27.5 Å². The molecule has 1 aromatic heterocycles. The van der Waals surface area contributed by atoms with Gasteiger partial charge in [0.2, 0.25) is 0 Å². The van der Waals surface area contributed by atoms with Gasteiger partial charge in [0.25, 0.3) is 0 Å². The third-order valence-electron chi connectivity index (χ3n) is 6.40. The standard InChI is InChI=1S/C31H25N3/c1-22-28(20-24-16-17-25-12-8-9-15-27(25)18-24)33-31-29(19-23-10-4-2-5-11-23)32-30(21-34(22)31)26-13-6-3-7-14-26/h2-18,21,32H,1,19-20H2. The van der Waals surface area contributed by atoms with E-state index in [2.05, 4.69) is 120 Å². The number of imidazole rings is 1. The van der Waals surface area contributed by atoms with Crippen LogP contribution in [0.5, 0.6) is 0 Å². The highest BCUT2D eigenvalue weighted by Crippen LogP contribution is 2.19. The molecule has 0 saturated carbocycles. The van der Waals surface area contributed by atoms with Crippen molar-refractivity contribution >= 4 is 34.9 Å². The lowest BCUT2D eigenvalue weighted by molar-refractivity contribution is 0.944. The molecule has 34 heavy (non-hydrogen) atoms. The summed E-state index contributed by atoms with van der Waals surface area (Å²) in [5.41, 5.74) is 7.70. The monoisotopic (exact) mass is 439 g/mol. The number of hydrogen-bond acceptors (Lipinski definition) is 2. The zero-order valence-corrected chi connectivity index (χ0v) is 18.9. The SMILES string of the molecule is C=c1c(Cc2ccc3ccccc3c2)nc2n1C=C(c1ccccc1)NC=2Cc1ccccc1. The number of rotatable bonds is 5. The molecule has 0 bridgehead atoms. The van der Waals surface area contributed by atoms with Crippen LogP contribution in [0.15, 0.2) is 103 Å². The molecule has 1 aliphatic heterocycles. The molecule has 5 aromatic rings. The second-order valence-electron chi connectivity index (χ2n) is 8.73. The zero-order chi connectivity index (χ0) is 22.9. The molecule has 6 rings (SSSR count). The molecule has 3 nitrogen and oxygen atoms in total. The lowest BCUT2D eigenvalue weighted by Crippen LogP contribution is -2.35. The van der Waals surface area contributed by atoms with Gasteiger partial charge in [-0.2, -0.15) is 0 Å². The van der Waals surface area contributed by atoms with Crippen molar-refractivity contribution in [1.29, 1.82) is 0 Å². The molecule has 0 fully saturated rings. The average molecular weight is 440 g/mol. The number of nitrogens with one attached hydrogen (secondary N) is 1. The molecule has 1 N–H and O–H groups in total. The van der Waals surface area contributed by atoms with Crippen LogP contribution in [0, 0.1) is 0 Å². The molecule has 3 heteroatoms. The average Bonchev–Trinajstić information content (AvgIpc) is 3.20. The Labute approximate surface area is 199 Å². The number of benzene rings is 4. The Morgan fingerprint density at radius 1 is 0.706 bits per heavy atom. The summed E-state index contributed by atoms with van der Waals surface area (Å²) in [6.07, 6.45) is 3.64. The summed E-state index contributed by atoms with van der Waals surface area (Å²) >= 11 is 0. The van der Waals surface area contributed by atoms with Crippen LogP contribution in [-0.2, 0) is 12.8 Å². The Morgan fingerprint density at radius 2 is 1.41 bits per heavy atom. The minimum absolute atomic E-state index is 0.747. The van der Waals surface area contributed by atoms with Crippen molar-refractivity contribution in [3.8, 4) is 0 Å². The summed E-state index contributed by atoms with van der Waals surface area (Å²) in [6, 6.07) is 36.0. The van der Waals surface area contributed by atoms with Gasteiger partial charge in [0.15, 0.2) is 5.48 Å². The van der Waals surface area contributed by atoms with Crippen LogP contribution in [0.1, 0.15) is 22.4 Å². The van der Waals surface area contributed by atoms with Gasteiger partial charge < -0.3 is 5.32 Å². The fourth-order valence-electron chi connectivity index (χ4n) is 4.62. The van der Waals surface area contributed by atoms with Gasteiger partial charge in [0, 0.05) is 19.0 Å². The van der Waals surface area contributed by atoms with Gasteiger partial charge in [0.1, 0.15) is 0 Å². The molecular formula is C31H25N3. The quantitative estimate of drug-likeness (QED) is 0.420. The van der Waals surface area contributed by atoms with Crippen LogP contribution < -0.4 is 16.1 Å². The lowest BCUT2D eigenvalue weighted by Gasteiger charge is -2.19. The van der Waals surface area contributed by atoms with Crippen molar-refractivity contribution in [2.75, 3.05) is 0 Å². The van der Waals surface area contributed by atoms with Gasteiger partial charge in [-0.15, -0.1) is 0 Å². The fraction of sp³-hybridized carbons (Fsp3) is 0.0645. The molecule has 0 amide bonds. The van der Waals surface area contributed by atoms with E-state index in [9.17, 15) is 0 Å². The highest BCUT2D eigenvalue weighted by Gasteiger charge is 2.17. The first-order valence-corrected chi connectivity index (χ1v) is 11.6. The second kappa shape index (κ2) is 8.53. The van der Waals surface area contributed by atoms with Crippen LogP contribution >= 0.6 is 0 Å². The summed E-state index contributed by atoms with van der Waals surface area (Å²) in [4.78, 5) is 5.09. The first kappa shape index (κ1) is 20.3. The smallest absolute Gasteiger partial charge is 0.157 e. The van der Waals surface area contributed by atoms with E-state index in [-0.39, 0.29) is 0 Å². The van der Waals surface area contributed by atoms with E-state index < -0.39 is 0 Å². The molecule has 1 aliphatic rings. The molecule has 0 radical (unpaired) electrons. The van der Waals surface area contributed by atoms with Gasteiger partial charge in [-0.25, -0.2) is 4.98 Å². The number of aromatic nitrogens is 2. The van der Waals surface area contributed by atoms with Crippen molar-refractivity contribution in [3.05, 3.63) is 136 Å². The molecule has 164 valence electrons. The maximum Gasteiger partial charge on any atom is 0.157 e. The van der Waals surface area contributed by atoms with Gasteiger partial charge >= 0.3 is 0 Å². The van der Waals surface area contributed by atoms with Crippen molar-refractivity contribution in [2.24, 2.45) is 0 Å². The molecule has 4 aromatic carbocycles. The zero-order valence-electron chi connectivity index (χ0n) is 18.9. The van der Waals surface area contributed by atoms with Gasteiger partial charge in [-0.3, -0.25) is 4.57 Å². The first-order chi connectivity index (χ1) is 16.7. The van der Waals surface area contributed by atoms with E-state index in [0.29, 0.717) is 0 Å². The summed E-state index contributed by atoms with van der Waals surface area (Å²) in [7, 11) is 0. The van der Waals surface area contributed by atoms with Crippen molar-refractivity contribution in [2.45, 2.75) is 12.8 Å². The highest BCUT2D eigenvalue weighted by molar-refractivity contribution is 5.83. The van der Waals surface area contributed by atoms with Crippen LogP contribution in [0.4, 0.5) is 0 Å². The summed E-state index contributed by atoms with van der Waals surface area (Å²) in [5.74, 6) is 0. The van der Waals surface area contributed by atoms with Gasteiger partial charge in [-0.1, -0.05) is 110 Å². The topological polar surface area (TPSA) is 29.9 Å². The molecule has 0 unspecified atom stereocenters. The van der Waals surface area contributed by atoms with Crippen LogP contribution in [0.2, 0.25) is 0 Å². The predicted octanol–water partition coefficient (Wildman–Crippen LogP) is 4.95.